The van der Waals surface area contributed by atoms with Gasteiger partial charge >= 0.3 is 5.97 Å². The quantitative estimate of drug-likeness (QED) is 0.699. The molecule has 0 amide bonds. The van der Waals surface area contributed by atoms with Crippen molar-refractivity contribution in [3.8, 4) is 11.1 Å². The van der Waals surface area contributed by atoms with Gasteiger partial charge in [-0.2, -0.15) is 0 Å². The van der Waals surface area contributed by atoms with Crippen molar-refractivity contribution in [2.24, 2.45) is 0 Å². The predicted octanol–water partition coefficient (Wildman–Crippen LogP) is 3.79. The lowest BCUT2D eigenvalue weighted by molar-refractivity contribution is 0.0598. The van der Waals surface area contributed by atoms with Gasteiger partial charge in [0, 0.05) is 61.6 Å². The molecule has 1 aromatic carbocycles. The van der Waals surface area contributed by atoms with E-state index in [1.54, 1.807) is 0 Å². The molecule has 0 N–H and O–H groups in total. The van der Waals surface area contributed by atoms with Crippen LogP contribution < -0.4 is 9.80 Å². The van der Waals surface area contributed by atoms with Gasteiger partial charge in [-0.25, -0.2) is 9.78 Å². The lowest BCUT2D eigenvalue weighted by atomic mass is 9.82. The van der Waals surface area contributed by atoms with E-state index < -0.39 is 0 Å². The predicted molar refractivity (Wildman–Crippen MR) is 126 cm³/mol. The zero-order valence-corrected chi connectivity index (χ0v) is 19.6. The smallest absolute Gasteiger partial charge is 0.338 e. The van der Waals surface area contributed by atoms with E-state index >= 15 is 0 Å². The number of piperazine rings is 1. The van der Waals surface area contributed by atoms with Gasteiger partial charge in [0.15, 0.2) is 0 Å². The molecule has 0 aliphatic carbocycles. The molecule has 0 radical (unpaired) electrons. The van der Waals surface area contributed by atoms with Crippen molar-refractivity contribution in [2.45, 2.75) is 39.2 Å². The maximum atomic E-state index is 12.7. The number of methoxy groups -OCH3 is 1. The Kier molecular flexibility index (Phi) is 5.69. The highest BCUT2D eigenvalue weighted by Gasteiger charge is 2.40. The minimum absolute atomic E-state index is 0.120. The molecule has 3 heterocycles. The molecule has 1 fully saturated rings. The molecule has 6 nitrogen and oxygen atoms in total. The topological polar surface area (TPSA) is 48.9 Å². The number of hydrogen-bond donors (Lipinski definition) is 0. The van der Waals surface area contributed by atoms with E-state index in [1.807, 2.05) is 12.3 Å². The molecule has 6 heteroatoms. The van der Waals surface area contributed by atoms with Crippen molar-refractivity contribution in [3.05, 3.63) is 41.6 Å². The fourth-order valence-electron chi connectivity index (χ4n) is 4.83. The van der Waals surface area contributed by atoms with E-state index in [4.69, 9.17) is 9.72 Å². The molecule has 31 heavy (non-hydrogen) atoms. The van der Waals surface area contributed by atoms with E-state index in [0.717, 1.165) is 60.9 Å². The molecule has 2 aliphatic rings. The average Bonchev–Trinajstić information content (AvgIpc) is 3.04. The maximum Gasteiger partial charge on any atom is 0.338 e. The van der Waals surface area contributed by atoms with Crippen LogP contribution in [-0.2, 0) is 10.2 Å². The Morgan fingerprint density at radius 1 is 1.10 bits per heavy atom. The molecule has 2 aliphatic heterocycles. The molecule has 1 saturated heterocycles. The first-order valence-corrected chi connectivity index (χ1v) is 11.1. The van der Waals surface area contributed by atoms with Gasteiger partial charge in [0.2, 0.25) is 0 Å². The normalized spacial score (nSPS) is 18.4. The van der Waals surface area contributed by atoms with Crippen LogP contribution in [0, 0.1) is 0 Å². The van der Waals surface area contributed by atoms with Crippen molar-refractivity contribution in [2.75, 3.05) is 56.7 Å². The molecule has 0 unspecified atom stereocenters. The number of nitrogens with zero attached hydrogens (tertiary/aromatic N) is 4. The number of carbonyl (C=O) groups is 1. The van der Waals surface area contributed by atoms with Gasteiger partial charge in [0.25, 0.3) is 0 Å². The Morgan fingerprint density at radius 2 is 1.81 bits per heavy atom. The lowest BCUT2D eigenvalue weighted by Gasteiger charge is -2.33. The van der Waals surface area contributed by atoms with Crippen LogP contribution in [0.3, 0.4) is 0 Å². The summed E-state index contributed by atoms with van der Waals surface area (Å²) in [4.78, 5) is 24.5. The Balaban J connectivity index is 1.74. The van der Waals surface area contributed by atoms with Crippen LogP contribution in [0.15, 0.2) is 30.5 Å². The minimum Gasteiger partial charge on any atom is -0.465 e. The highest BCUT2D eigenvalue weighted by Crippen LogP contribution is 2.45. The largest absolute Gasteiger partial charge is 0.465 e. The third kappa shape index (κ3) is 4.01. The third-order valence-corrected chi connectivity index (χ3v) is 6.61. The van der Waals surface area contributed by atoms with Crippen molar-refractivity contribution in [1.29, 1.82) is 0 Å². The second-order valence-corrected chi connectivity index (χ2v) is 9.71. The Morgan fingerprint density at radius 3 is 2.39 bits per heavy atom. The molecule has 0 spiro atoms. The fraction of sp³-hybridized carbons (Fsp3) is 0.520. The number of likely N-dealkylation sites (N-methyl/N-ethyl adjacent to an activating group) is 1. The molecule has 0 atom stereocenters. The van der Waals surface area contributed by atoms with Crippen LogP contribution in [-0.4, -0.2) is 68.8 Å². The first-order chi connectivity index (χ1) is 14.7. The monoisotopic (exact) mass is 422 g/mol. The number of ether oxygens (including phenoxy) is 1. The van der Waals surface area contributed by atoms with Gasteiger partial charge in [0.1, 0.15) is 5.82 Å². The van der Waals surface area contributed by atoms with E-state index in [9.17, 15) is 4.79 Å². The molecule has 0 saturated carbocycles. The van der Waals surface area contributed by atoms with Crippen molar-refractivity contribution < 1.29 is 9.53 Å². The van der Waals surface area contributed by atoms with Crippen LogP contribution in [0.1, 0.15) is 43.6 Å². The number of hydrogen-bond acceptors (Lipinski definition) is 6. The Labute approximate surface area is 185 Å². The number of anilines is 2. The SMILES string of the molecule is COC(=O)c1cc(-c2ccc(N3CCN(C)CC3)nc2)cc2c1C(C)(C)CN2C(C)C. The number of pyridine rings is 1. The average molecular weight is 423 g/mol. The molecule has 1 aromatic heterocycles. The van der Waals surface area contributed by atoms with Crippen LogP contribution >= 0.6 is 0 Å². The van der Waals surface area contributed by atoms with Gasteiger partial charge in [-0.05, 0) is 56.3 Å². The van der Waals surface area contributed by atoms with E-state index in [-0.39, 0.29) is 11.4 Å². The van der Waals surface area contributed by atoms with Gasteiger partial charge in [-0.15, -0.1) is 0 Å². The summed E-state index contributed by atoms with van der Waals surface area (Å²) < 4.78 is 5.16. The number of carbonyl (C=O) groups excluding carboxylic acids is 1. The summed E-state index contributed by atoms with van der Waals surface area (Å²) in [6, 6.07) is 8.74. The highest BCUT2D eigenvalue weighted by atomic mass is 16.5. The summed E-state index contributed by atoms with van der Waals surface area (Å²) in [6.45, 7) is 13.8. The zero-order chi connectivity index (χ0) is 22.3. The molecular formula is C25H34N4O2. The highest BCUT2D eigenvalue weighted by molar-refractivity contribution is 5.96. The third-order valence-electron chi connectivity index (χ3n) is 6.61. The van der Waals surface area contributed by atoms with Gasteiger partial charge in [-0.1, -0.05) is 13.8 Å². The van der Waals surface area contributed by atoms with Crippen LogP contribution in [0.5, 0.6) is 0 Å². The van der Waals surface area contributed by atoms with Crippen molar-refractivity contribution in [3.63, 3.8) is 0 Å². The van der Waals surface area contributed by atoms with Gasteiger partial charge in [0.05, 0.1) is 12.7 Å². The molecule has 0 bridgehead atoms. The van der Waals surface area contributed by atoms with Crippen LogP contribution in [0.25, 0.3) is 11.1 Å². The van der Waals surface area contributed by atoms with Crippen LogP contribution in [0.4, 0.5) is 11.5 Å². The number of benzene rings is 1. The lowest BCUT2D eigenvalue weighted by Crippen LogP contribution is -2.44. The summed E-state index contributed by atoms with van der Waals surface area (Å²) >= 11 is 0. The van der Waals surface area contributed by atoms with Crippen molar-refractivity contribution >= 4 is 17.5 Å². The Bertz CT molecular complexity index is 960. The number of fused-ring (bicyclic) bond motifs is 1. The van der Waals surface area contributed by atoms with Crippen molar-refractivity contribution in [1.82, 2.24) is 9.88 Å². The van der Waals surface area contributed by atoms with Crippen LogP contribution in [0.2, 0.25) is 0 Å². The van der Waals surface area contributed by atoms with Gasteiger partial charge < -0.3 is 19.4 Å². The zero-order valence-electron chi connectivity index (χ0n) is 19.6. The van der Waals surface area contributed by atoms with E-state index in [0.29, 0.717) is 11.6 Å². The second kappa shape index (κ2) is 8.15. The van der Waals surface area contributed by atoms with E-state index in [2.05, 4.69) is 67.6 Å². The first kappa shape index (κ1) is 21.6. The molecule has 4 rings (SSSR count). The molecule has 166 valence electrons. The summed E-state index contributed by atoms with van der Waals surface area (Å²) in [6.07, 6.45) is 1.93. The summed E-state index contributed by atoms with van der Waals surface area (Å²) in [5, 5.41) is 0. The van der Waals surface area contributed by atoms with E-state index in [1.165, 1.54) is 7.11 Å². The molecular weight excluding hydrogens is 388 g/mol. The summed E-state index contributed by atoms with van der Waals surface area (Å²) in [7, 11) is 3.61. The maximum absolute atomic E-state index is 12.7. The number of esters is 1. The summed E-state index contributed by atoms with van der Waals surface area (Å²) in [5.74, 6) is 0.731. The fourth-order valence-corrected chi connectivity index (χ4v) is 4.83. The number of rotatable bonds is 4. The standard InChI is InChI=1S/C25H34N4O2/c1-17(2)29-16-25(3,4)23-20(24(30)31-6)13-19(14-21(23)29)18-7-8-22(26-15-18)28-11-9-27(5)10-12-28/h7-8,13-15,17H,9-12,16H2,1-6H3. The second-order valence-electron chi connectivity index (χ2n) is 9.71. The van der Waals surface area contributed by atoms with Gasteiger partial charge in [-0.3, -0.25) is 0 Å². The minimum atomic E-state index is -0.279. The molecule has 2 aromatic rings. The first-order valence-electron chi connectivity index (χ1n) is 11.1. The number of aromatic nitrogens is 1. The summed E-state index contributed by atoms with van der Waals surface area (Å²) in [5.41, 5.74) is 4.76. The Hall–Kier alpha value is -2.60.